The lowest BCUT2D eigenvalue weighted by Crippen LogP contribution is -2.29. The van der Waals surface area contributed by atoms with Crippen molar-refractivity contribution in [1.29, 1.82) is 0 Å². The standard InChI is InChI=1S/C17H13NO4/c1-22-17(21)12-8-6-11(7-9-12)10-18-14-5-3-2-4-13(14)15(19)16(18)20/h2-9H,10H2,1H3. The highest BCUT2D eigenvalue weighted by molar-refractivity contribution is 6.52. The number of esters is 1. The topological polar surface area (TPSA) is 63.7 Å². The van der Waals surface area contributed by atoms with E-state index in [1.807, 2.05) is 0 Å². The number of para-hydroxylation sites is 1. The van der Waals surface area contributed by atoms with Crippen molar-refractivity contribution in [1.82, 2.24) is 0 Å². The monoisotopic (exact) mass is 295 g/mol. The minimum Gasteiger partial charge on any atom is -0.465 e. The van der Waals surface area contributed by atoms with Crippen LogP contribution < -0.4 is 4.90 Å². The van der Waals surface area contributed by atoms with E-state index in [2.05, 4.69) is 4.74 Å². The molecule has 0 fully saturated rings. The number of ether oxygens (including phenoxy) is 1. The van der Waals surface area contributed by atoms with Crippen molar-refractivity contribution in [3.05, 3.63) is 65.2 Å². The van der Waals surface area contributed by atoms with Crippen LogP contribution in [0.1, 0.15) is 26.3 Å². The highest BCUT2D eigenvalue weighted by atomic mass is 16.5. The second kappa shape index (κ2) is 5.44. The van der Waals surface area contributed by atoms with Gasteiger partial charge in [0.1, 0.15) is 0 Å². The molecule has 0 N–H and O–H groups in total. The summed E-state index contributed by atoms with van der Waals surface area (Å²) >= 11 is 0. The number of methoxy groups -OCH3 is 1. The molecule has 0 radical (unpaired) electrons. The predicted octanol–water partition coefficient (Wildman–Crippen LogP) is 2.20. The summed E-state index contributed by atoms with van der Waals surface area (Å²) in [4.78, 5) is 36.9. The van der Waals surface area contributed by atoms with E-state index in [1.54, 1.807) is 48.5 Å². The van der Waals surface area contributed by atoms with Crippen molar-refractivity contribution >= 4 is 23.3 Å². The Morgan fingerprint density at radius 2 is 1.73 bits per heavy atom. The van der Waals surface area contributed by atoms with Gasteiger partial charge in [-0.1, -0.05) is 24.3 Å². The van der Waals surface area contributed by atoms with Gasteiger partial charge in [-0.25, -0.2) is 4.79 Å². The normalized spacial score (nSPS) is 13.2. The molecule has 1 aliphatic heterocycles. The molecule has 0 saturated carbocycles. The number of carbonyl (C=O) groups excluding carboxylic acids is 3. The average Bonchev–Trinajstić information content (AvgIpc) is 2.80. The number of carbonyl (C=O) groups is 3. The summed E-state index contributed by atoms with van der Waals surface area (Å²) in [6, 6.07) is 13.7. The van der Waals surface area contributed by atoms with E-state index in [0.29, 0.717) is 16.8 Å². The van der Waals surface area contributed by atoms with Crippen molar-refractivity contribution in [2.45, 2.75) is 6.54 Å². The van der Waals surface area contributed by atoms with Crippen LogP contribution in [0.3, 0.4) is 0 Å². The minimum absolute atomic E-state index is 0.281. The van der Waals surface area contributed by atoms with E-state index in [0.717, 1.165) is 5.56 Å². The molecule has 2 aromatic rings. The summed E-state index contributed by atoms with van der Waals surface area (Å²) < 4.78 is 4.64. The molecular formula is C17H13NO4. The summed E-state index contributed by atoms with van der Waals surface area (Å²) in [5.74, 6) is -1.43. The summed E-state index contributed by atoms with van der Waals surface area (Å²) in [5, 5.41) is 0. The average molecular weight is 295 g/mol. The summed E-state index contributed by atoms with van der Waals surface area (Å²) in [6.07, 6.45) is 0. The molecule has 0 bridgehead atoms. The Hall–Kier alpha value is -2.95. The van der Waals surface area contributed by atoms with Gasteiger partial charge in [-0.2, -0.15) is 0 Å². The van der Waals surface area contributed by atoms with Crippen molar-refractivity contribution in [2.24, 2.45) is 0 Å². The number of ketones is 1. The zero-order valence-corrected chi connectivity index (χ0v) is 11.9. The minimum atomic E-state index is -0.529. The van der Waals surface area contributed by atoms with Crippen molar-refractivity contribution < 1.29 is 19.1 Å². The number of rotatable bonds is 3. The molecule has 1 amide bonds. The van der Waals surface area contributed by atoms with Gasteiger partial charge in [0, 0.05) is 0 Å². The molecule has 2 aromatic carbocycles. The van der Waals surface area contributed by atoms with Crippen LogP contribution in [0.15, 0.2) is 48.5 Å². The maximum Gasteiger partial charge on any atom is 0.337 e. The van der Waals surface area contributed by atoms with E-state index >= 15 is 0 Å². The highest BCUT2D eigenvalue weighted by Crippen LogP contribution is 2.29. The van der Waals surface area contributed by atoms with Crippen LogP contribution in [0.2, 0.25) is 0 Å². The summed E-state index contributed by atoms with van der Waals surface area (Å²) in [6.45, 7) is 0.281. The molecule has 22 heavy (non-hydrogen) atoms. The molecule has 0 spiro atoms. The maximum absolute atomic E-state index is 12.1. The molecule has 0 saturated heterocycles. The third kappa shape index (κ3) is 2.26. The van der Waals surface area contributed by atoms with Gasteiger partial charge in [0.25, 0.3) is 11.7 Å². The molecule has 0 unspecified atom stereocenters. The van der Waals surface area contributed by atoms with Crippen LogP contribution in [0.4, 0.5) is 5.69 Å². The molecule has 1 aliphatic rings. The summed E-state index contributed by atoms with van der Waals surface area (Å²) in [7, 11) is 1.32. The first kappa shape index (κ1) is 14.0. The zero-order chi connectivity index (χ0) is 15.7. The Labute approximate surface area is 127 Å². The van der Waals surface area contributed by atoms with Crippen molar-refractivity contribution in [3.63, 3.8) is 0 Å². The Kier molecular flexibility index (Phi) is 3.47. The Bertz CT molecular complexity index is 764. The fourth-order valence-corrected chi connectivity index (χ4v) is 2.45. The Morgan fingerprint density at radius 1 is 1.05 bits per heavy atom. The third-order valence-electron chi connectivity index (χ3n) is 3.59. The van der Waals surface area contributed by atoms with Gasteiger partial charge in [-0.15, -0.1) is 0 Å². The van der Waals surface area contributed by atoms with E-state index in [4.69, 9.17) is 0 Å². The Morgan fingerprint density at radius 3 is 2.41 bits per heavy atom. The fraction of sp³-hybridized carbons (Fsp3) is 0.118. The molecule has 1 heterocycles. The van der Waals surface area contributed by atoms with Crippen molar-refractivity contribution in [3.8, 4) is 0 Å². The lowest BCUT2D eigenvalue weighted by Gasteiger charge is -2.16. The lowest BCUT2D eigenvalue weighted by atomic mass is 10.1. The van der Waals surface area contributed by atoms with Gasteiger partial charge in [0.15, 0.2) is 0 Å². The number of hydrogen-bond acceptors (Lipinski definition) is 4. The molecule has 110 valence electrons. The molecular weight excluding hydrogens is 282 g/mol. The second-order valence-electron chi connectivity index (χ2n) is 4.93. The van der Waals surface area contributed by atoms with Gasteiger partial charge < -0.3 is 9.64 Å². The van der Waals surface area contributed by atoms with Crippen LogP contribution in [0, 0.1) is 0 Å². The molecule has 3 rings (SSSR count). The number of Topliss-reactive ketones (excluding diaryl/α,β-unsaturated/α-hetero) is 1. The van der Waals surface area contributed by atoms with E-state index in [1.165, 1.54) is 12.0 Å². The first-order valence-electron chi connectivity index (χ1n) is 6.74. The lowest BCUT2D eigenvalue weighted by molar-refractivity contribution is -0.114. The zero-order valence-electron chi connectivity index (χ0n) is 11.9. The van der Waals surface area contributed by atoms with Crippen molar-refractivity contribution in [2.75, 3.05) is 12.0 Å². The second-order valence-corrected chi connectivity index (χ2v) is 4.93. The maximum atomic E-state index is 12.1. The van der Waals surface area contributed by atoms with Crippen LogP contribution >= 0.6 is 0 Å². The van der Waals surface area contributed by atoms with Gasteiger partial charge in [0.2, 0.25) is 0 Å². The van der Waals surface area contributed by atoms with Gasteiger partial charge >= 0.3 is 5.97 Å². The smallest absolute Gasteiger partial charge is 0.337 e. The van der Waals surface area contributed by atoms with Crippen LogP contribution in [0.25, 0.3) is 0 Å². The molecule has 0 aromatic heterocycles. The number of benzene rings is 2. The van der Waals surface area contributed by atoms with Gasteiger partial charge in [-0.05, 0) is 29.8 Å². The predicted molar refractivity (Wildman–Crippen MR) is 79.7 cm³/mol. The van der Waals surface area contributed by atoms with E-state index in [9.17, 15) is 14.4 Å². The fourth-order valence-electron chi connectivity index (χ4n) is 2.45. The summed E-state index contributed by atoms with van der Waals surface area (Å²) in [5.41, 5.74) is 2.31. The number of amides is 1. The van der Waals surface area contributed by atoms with Crippen LogP contribution in [-0.4, -0.2) is 24.8 Å². The van der Waals surface area contributed by atoms with Crippen LogP contribution in [0.5, 0.6) is 0 Å². The SMILES string of the molecule is COC(=O)c1ccc(CN2C(=O)C(=O)c3ccccc32)cc1. The van der Waals surface area contributed by atoms with Crippen LogP contribution in [-0.2, 0) is 16.1 Å². The molecule has 5 nitrogen and oxygen atoms in total. The largest absolute Gasteiger partial charge is 0.465 e. The third-order valence-corrected chi connectivity index (χ3v) is 3.59. The molecule has 5 heteroatoms. The number of hydrogen-bond donors (Lipinski definition) is 0. The quantitative estimate of drug-likeness (QED) is 0.643. The molecule has 0 atom stereocenters. The first-order valence-corrected chi connectivity index (χ1v) is 6.74. The van der Waals surface area contributed by atoms with Gasteiger partial charge in [-0.3, -0.25) is 9.59 Å². The number of fused-ring (bicyclic) bond motifs is 1. The van der Waals surface area contributed by atoms with E-state index < -0.39 is 17.7 Å². The number of nitrogens with zero attached hydrogens (tertiary/aromatic N) is 1. The Balaban J connectivity index is 1.86. The number of anilines is 1. The molecule has 0 aliphatic carbocycles. The van der Waals surface area contributed by atoms with Gasteiger partial charge in [0.05, 0.1) is 30.5 Å². The first-order chi connectivity index (χ1) is 10.6. The highest BCUT2D eigenvalue weighted by Gasteiger charge is 2.35. The van der Waals surface area contributed by atoms with E-state index in [-0.39, 0.29) is 6.54 Å².